The lowest BCUT2D eigenvalue weighted by Gasteiger charge is -1.99. The van der Waals surface area contributed by atoms with Crippen molar-refractivity contribution >= 4 is 24.3 Å². The number of nitrogens with one attached hydrogen (secondary N) is 1. The Bertz CT molecular complexity index is 311. The van der Waals surface area contributed by atoms with E-state index >= 15 is 0 Å². The van der Waals surface area contributed by atoms with Crippen molar-refractivity contribution in [1.29, 1.82) is 0 Å². The van der Waals surface area contributed by atoms with E-state index < -0.39 is 12.5 Å². The molecule has 58 valence electrons. The molecule has 6 heteroatoms. The minimum Gasteiger partial charge on any atom is -0.422 e. The molecule has 0 radical (unpaired) electrons. The molecule has 0 saturated carbocycles. The van der Waals surface area contributed by atoms with E-state index in [1.165, 1.54) is 12.3 Å². The van der Waals surface area contributed by atoms with Crippen LogP contribution in [0.4, 0.5) is 0 Å². The summed E-state index contributed by atoms with van der Waals surface area (Å²) in [5.41, 5.74) is -0.521. The third kappa shape index (κ3) is 1.62. The van der Waals surface area contributed by atoms with Crippen molar-refractivity contribution in [2.24, 2.45) is 0 Å². The van der Waals surface area contributed by atoms with E-state index in [0.29, 0.717) is 0 Å². The van der Waals surface area contributed by atoms with Crippen LogP contribution in [0.15, 0.2) is 17.1 Å². The molecule has 0 spiro atoms. The average molecular weight is 173 g/mol. The first kappa shape index (κ1) is 8.32. The molecule has 1 heterocycles. The van der Waals surface area contributed by atoms with Crippen LogP contribution in [-0.4, -0.2) is 22.2 Å². The maximum atomic E-state index is 10.8. The van der Waals surface area contributed by atoms with Crippen LogP contribution in [0.2, 0.25) is 5.02 Å². The Labute approximate surface area is 67.6 Å². The summed E-state index contributed by atoms with van der Waals surface area (Å²) >= 11 is 5.42. The summed E-state index contributed by atoms with van der Waals surface area (Å²) in [6.45, 7) is 0. The van der Waals surface area contributed by atoms with Gasteiger partial charge in [-0.1, -0.05) is 11.6 Å². The topological polar surface area (TPSA) is 73.3 Å². The SMILES string of the molecule is O=c1cc[nH]c(B(O)O)c1Cl. The molecular weight excluding hydrogens is 168 g/mol. The molecule has 0 aliphatic heterocycles. The monoisotopic (exact) mass is 173 g/mol. The quantitative estimate of drug-likeness (QED) is 0.463. The van der Waals surface area contributed by atoms with E-state index in [0.717, 1.165) is 0 Å². The summed E-state index contributed by atoms with van der Waals surface area (Å²) in [5, 5.41) is 17.1. The van der Waals surface area contributed by atoms with Gasteiger partial charge >= 0.3 is 7.12 Å². The highest BCUT2D eigenvalue weighted by atomic mass is 35.5. The number of rotatable bonds is 1. The molecule has 0 bridgehead atoms. The van der Waals surface area contributed by atoms with Gasteiger partial charge in [-0.15, -0.1) is 0 Å². The highest BCUT2D eigenvalue weighted by molar-refractivity contribution is 6.61. The van der Waals surface area contributed by atoms with Crippen molar-refractivity contribution in [3.63, 3.8) is 0 Å². The molecule has 0 aromatic carbocycles. The highest BCUT2D eigenvalue weighted by Gasteiger charge is 2.16. The number of aromatic amines is 1. The second-order valence-electron chi connectivity index (χ2n) is 1.94. The maximum absolute atomic E-state index is 10.8. The summed E-state index contributed by atoms with van der Waals surface area (Å²) < 4.78 is 0. The van der Waals surface area contributed by atoms with Gasteiger partial charge in [0.15, 0.2) is 5.43 Å². The van der Waals surface area contributed by atoms with Crippen LogP contribution in [0.1, 0.15) is 0 Å². The first-order chi connectivity index (χ1) is 5.13. The first-order valence-electron chi connectivity index (χ1n) is 2.86. The van der Waals surface area contributed by atoms with Crippen molar-refractivity contribution in [1.82, 2.24) is 4.98 Å². The smallest absolute Gasteiger partial charge is 0.422 e. The van der Waals surface area contributed by atoms with E-state index in [2.05, 4.69) is 4.98 Å². The van der Waals surface area contributed by atoms with Gasteiger partial charge in [0.25, 0.3) is 0 Å². The fraction of sp³-hybridized carbons (Fsp3) is 0. The molecule has 11 heavy (non-hydrogen) atoms. The maximum Gasteiger partial charge on any atom is 0.507 e. The lowest BCUT2D eigenvalue weighted by Crippen LogP contribution is -2.36. The minimum atomic E-state index is -1.74. The summed E-state index contributed by atoms with van der Waals surface area (Å²) in [6.07, 6.45) is 1.29. The van der Waals surface area contributed by atoms with Crippen LogP contribution < -0.4 is 11.0 Å². The van der Waals surface area contributed by atoms with Crippen molar-refractivity contribution in [2.75, 3.05) is 0 Å². The fourth-order valence-electron chi connectivity index (χ4n) is 0.664. The highest BCUT2D eigenvalue weighted by Crippen LogP contribution is 1.93. The lowest BCUT2D eigenvalue weighted by atomic mass is 9.85. The van der Waals surface area contributed by atoms with E-state index in [1.807, 2.05) is 0 Å². The second-order valence-corrected chi connectivity index (χ2v) is 2.32. The van der Waals surface area contributed by atoms with Gasteiger partial charge < -0.3 is 15.0 Å². The van der Waals surface area contributed by atoms with Gasteiger partial charge in [0.1, 0.15) is 5.02 Å². The van der Waals surface area contributed by atoms with Crippen molar-refractivity contribution in [3.8, 4) is 0 Å². The number of H-pyrrole nitrogens is 1. The van der Waals surface area contributed by atoms with E-state index in [-0.39, 0.29) is 10.6 Å². The van der Waals surface area contributed by atoms with Gasteiger partial charge in [0.2, 0.25) is 0 Å². The minimum absolute atomic E-state index is 0.0841. The van der Waals surface area contributed by atoms with Gasteiger partial charge in [0, 0.05) is 12.3 Å². The average Bonchev–Trinajstić information content (AvgIpc) is 1.94. The Hall–Kier alpha value is -0.775. The Morgan fingerprint density at radius 1 is 1.55 bits per heavy atom. The van der Waals surface area contributed by atoms with Crippen LogP contribution in [0.25, 0.3) is 0 Å². The van der Waals surface area contributed by atoms with Gasteiger partial charge in [-0.2, -0.15) is 0 Å². The number of pyridine rings is 1. The van der Waals surface area contributed by atoms with Crippen LogP contribution in [0.3, 0.4) is 0 Å². The Morgan fingerprint density at radius 3 is 2.64 bits per heavy atom. The summed E-state index contributed by atoms with van der Waals surface area (Å²) in [7, 11) is -1.74. The summed E-state index contributed by atoms with van der Waals surface area (Å²) in [4.78, 5) is 13.2. The molecule has 0 atom stereocenters. The first-order valence-corrected chi connectivity index (χ1v) is 3.24. The number of aromatic nitrogens is 1. The summed E-state index contributed by atoms with van der Waals surface area (Å²) in [6, 6.07) is 1.20. The second kappa shape index (κ2) is 3.08. The predicted octanol–water partition coefficient (Wildman–Crippen LogP) is -1.29. The van der Waals surface area contributed by atoms with Crippen molar-refractivity contribution in [2.45, 2.75) is 0 Å². The Kier molecular flexibility index (Phi) is 2.33. The Morgan fingerprint density at radius 2 is 2.18 bits per heavy atom. The van der Waals surface area contributed by atoms with Gasteiger partial charge in [-0.05, 0) is 0 Å². The molecule has 0 fully saturated rings. The van der Waals surface area contributed by atoms with E-state index in [1.54, 1.807) is 0 Å². The van der Waals surface area contributed by atoms with Crippen molar-refractivity contribution in [3.05, 3.63) is 27.5 Å². The molecule has 0 saturated heterocycles. The van der Waals surface area contributed by atoms with Gasteiger partial charge in [-0.3, -0.25) is 4.79 Å². The normalized spacial score (nSPS) is 9.73. The lowest BCUT2D eigenvalue weighted by molar-refractivity contribution is 0.424. The molecule has 0 aliphatic rings. The molecule has 1 aromatic heterocycles. The third-order valence-corrected chi connectivity index (χ3v) is 1.57. The van der Waals surface area contributed by atoms with Gasteiger partial charge in [0.05, 0.1) is 5.59 Å². The van der Waals surface area contributed by atoms with Crippen LogP contribution >= 0.6 is 11.6 Å². The summed E-state index contributed by atoms with van der Waals surface area (Å²) in [5.74, 6) is 0. The molecular formula is C5H5BClNO3. The standard InChI is InChI=1S/C5H5BClNO3/c7-4-3(9)1-2-8-5(4)6(10)11/h1-2,10-11H,(H,8,9). The molecule has 4 nitrogen and oxygen atoms in total. The molecule has 0 unspecified atom stereocenters. The molecule has 1 rings (SSSR count). The van der Waals surface area contributed by atoms with E-state index in [4.69, 9.17) is 21.6 Å². The van der Waals surface area contributed by atoms with Crippen LogP contribution in [-0.2, 0) is 0 Å². The number of hydrogen-bond acceptors (Lipinski definition) is 3. The zero-order valence-electron chi connectivity index (χ0n) is 5.41. The zero-order valence-corrected chi connectivity index (χ0v) is 6.17. The third-order valence-electron chi connectivity index (χ3n) is 1.18. The number of halogens is 1. The fourth-order valence-corrected chi connectivity index (χ4v) is 0.879. The predicted molar refractivity (Wildman–Crippen MR) is 41.9 cm³/mol. The van der Waals surface area contributed by atoms with E-state index in [9.17, 15) is 4.79 Å². The van der Waals surface area contributed by atoms with Crippen molar-refractivity contribution < 1.29 is 10.0 Å². The largest absolute Gasteiger partial charge is 0.507 e. The van der Waals surface area contributed by atoms with Crippen LogP contribution in [0.5, 0.6) is 0 Å². The van der Waals surface area contributed by atoms with Crippen LogP contribution in [0, 0.1) is 0 Å². The molecule has 1 aromatic rings. The molecule has 0 aliphatic carbocycles. The molecule has 3 N–H and O–H groups in total. The molecule has 0 amide bonds. The zero-order chi connectivity index (χ0) is 8.43. The van der Waals surface area contributed by atoms with Gasteiger partial charge in [-0.25, -0.2) is 0 Å². The Balaban J connectivity index is 3.28. The number of hydrogen-bond donors (Lipinski definition) is 3.